The van der Waals surface area contributed by atoms with Gasteiger partial charge in [-0.3, -0.25) is 9.98 Å². The van der Waals surface area contributed by atoms with Crippen LogP contribution in [0.15, 0.2) is 88.9 Å². The van der Waals surface area contributed by atoms with Crippen LogP contribution in [0, 0.1) is 5.92 Å². The van der Waals surface area contributed by atoms with E-state index in [9.17, 15) is 10.2 Å². The normalized spacial score (nSPS) is 26.9. The summed E-state index contributed by atoms with van der Waals surface area (Å²) in [5.74, 6) is 0.563. The molecule has 2 aromatic rings. The van der Waals surface area contributed by atoms with Gasteiger partial charge in [-0.25, -0.2) is 0 Å². The summed E-state index contributed by atoms with van der Waals surface area (Å²) >= 11 is 8.30. The van der Waals surface area contributed by atoms with Crippen LogP contribution in [0.4, 0.5) is 5.69 Å². The number of allylic oxidation sites excluding steroid dienone is 2. The second-order valence-corrected chi connectivity index (χ2v) is 15.1. The van der Waals surface area contributed by atoms with Crippen LogP contribution < -0.4 is 10.6 Å². The largest absolute Gasteiger partial charge is 0.373 e. The van der Waals surface area contributed by atoms with E-state index in [0.29, 0.717) is 12.3 Å². The maximum atomic E-state index is 11.0. The van der Waals surface area contributed by atoms with E-state index in [4.69, 9.17) is 21.6 Å². The number of hydrogen-bond acceptors (Lipinski definition) is 8. The summed E-state index contributed by atoms with van der Waals surface area (Å²) in [6.07, 6.45) is 11.8. The molecule has 6 atom stereocenters. The number of thioether (sulfide) groups is 1. The van der Waals surface area contributed by atoms with Crippen LogP contribution in [0.25, 0.3) is 0 Å². The Morgan fingerprint density at radius 1 is 1.11 bits per heavy atom. The summed E-state index contributed by atoms with van der Waals surface area (Å²) < 4.78 is 0. The maximum absolute atomic E-state index is 11.0. The molecule has 0 aromatic heterocycles. The predicted octanol–water partition coefficient (Wildman–Crippen LogP) is 7.16. The minimum absolute atomic E-state index is 0.0212. The van der Waals surface area contributed by atoms with Crippen molar-refractivity contribution in [3.05, 3.63) is 101 Å². The predicted molar refractivity (Wildman–Crippen MR) is 193 cm³/mol. The van der Waals surface area contributed by atoms with Crippen molar-refractivity contribution in [2.75, 3.05) is 25.5 Å². The average Bonchev–Trinajstić information content (AvgIpc) is 3.78. The zero-order valence-corrected chi connectivity index (χ0v) is 28.6. The smallest absolute Gasteiger partial charge is 0.161 e. The summed E-state index contributed by atoms with van der Waals surface area (Å²) in [7, 11) is 2.17. The number of hydrogen-bond donors (Lipinski definition) is 4. The Labute approximate surface area is 282 Å². The second-order valence-electron chi connectivity index (χ2n) is 13.5. The van der Waals surface area contributed by atoms with Gasteiger partial charge in [-0.2, -0.15) is 0 Å². The fourth-order valence-corrected chi connectivity index (χ4v) is 7.75. The van der Waals surface area contributed by atoms with Crippen molar-refractivity contribution in [1.29, 1.82) is 0 Å². The van der Waals surface area contributed by atoms with Gasteiger partial charge in [-0.1, -0.05) is 85.3 Å². The first-order chi connectivity index (χ1) is 22.1. The van der Waals surface area contributed by atoms with Gasteiger partial charge in [-0.15, -0.1) is 6.58 Å². The van der Waals surface area contributed by atoms with E-state index in [-0.39, 0.29) is 22.7 Å². The van der Waals surface area contributed by atoms with Gasteiger partial charge in [0, 0.05) is 46.3 Å². The van der Waals surface area contributed by atoms with Gasteiger partial charge in [0.05, 0.1) is 0 Å². The molecule has 6 unspecified atom stereocenters. The number of amidine groups is 1. The van der Waals surface area contributed by atoms with E-state index < -0.39 is 12.5 Å². The Balaban J connectivity index is 1.04. The zero-order chi connectivity index (χ0) is 32.4. The fourth-order valence-electron chi connectivity index (χ4n) is 6.42. The van der Waals surface area contributed by atoms with Crippen LogP contribution >= 0.6 is 23.4 Å². The number of benzene rings is 2. The molecule has 3 aliphatic heterocycles. The van der Waals surface area contributed by atoms with Crippen molar-refractivity contribution in [2.45, 2.75) is 81.2 Å². The molecular weight excluding hydrogens is 614 g/mol. The lowest BCUT2D eigenvalue weighted by Gasteiger charge is -2.23. The lowest BCUT2D eigenvalue weighted by atomic mass is 9.84. The van der Waals surface area contributed by atoms with Crippen molar-refractivity contribution >= 4 is 39.9 Å². The Hall–Kier alpha value is -2.88. The lowest BCUT2D eigenvalue weighted by molar-refractivity contribution is 0.164. The van der Waals surface area contributed by atoms with Gasteiger partial charge < -0.3 is 25.7 Å². The molecule has 0 amide bonds. The number of rotatable bonds is 10. The minimum Gasteiger partial charge on any atom is -0.373 e. The number of aliphatic imine (C=N–C) groups is 2. The molecule has 7 nitrogen and oxygen atoms in total. The van der Waals surface area contributed by atoms with Crippen molar-refractivity contribution in [3.8, 4) is 0 Å². The number of likely N-dealkylation sites (tertiary alicyclic amines) is 1. The topological polar surface area (TPSA) is 92.5 Å². The number of anilines is 1. The highest BCUT2D eigenvalue weighted by atomic mass is 35.5. The molecule has 0 radical (unpaired) electrons. The number of nitrogens with zero attached hydrogens (tertiary/aromatic N) is 3. The fraction of sp³-hybridized carbons (Fsp3) is 0.459. The number of dihydropyridines is 1. The Kier molecular flexibility index (Phi) is 10.1. The van der Waals surface area contributed by atoms with E-state index in [0.717, 1.165) is 70.6 Å². The third-order valence-electron chi connectivity index (χ3n) is 9.63. The van der Waals surface area contributed by atoms with Crippen LogP contribution in [0.2, 0.25) is 5.02 Å². The monoisotopic (exact) mass is 659 g/mol. The zero-order valence-electron chi connectivity index (χ0n) is 27.0. The molecule has 9 heteroatoms. The number of fused-ring (bicyclic) bond motifs is 1. The molecule has 46 heavy (non-hydrogen) atoms. The highest BCUT2D eigenvalue weighted by Crippen LogP contribution is 2.52. The Morgan fingerprint density at radius 3 is 2.78 bits per heavy atom. The van der Waals surface area contributed by atoms with Crippen LogP contribution in [0.5, 0.6) is 0 Å². The first-order valence-corrected chi connectivity index (χ1v) is 17.6. The number of aliphatic hydroxyl groups is 2. The summed E-state index contributed by atoms with van der Waals surface area (Å²) in [5, 5.41) is 29.6. The summed E-state index contributed by atoms with van der Waals surface area (Å²) in [4.78, 5) is 12.2. The summed E-state index contributed by atoms with van der Waals surface area (Å²) in [5.41, 5.74) is 6.12. The van der Waals surface area contributed by atoms with E-state index in [1.165, 1.54) is 12.0 Å². The highest BCUT2D eigenvalue weighted by molar-refractivity contribution is 8.14. The van der Waals surface area contributed by atoms with Gasteiger partial charge in [0.15, 0.2) is 11.4 Å². The molecule has 3 heterocycles. The van der Waals surface area contributed by atoms with Crippen LogP contribution in [0.1, 0.15) is 74.8 Å². The van der Waals surface area contributed by atoms with E-state index in [1.807, 2.05) is 36.4 Å². The Bertz CT molecular complexity index is 1570. The van der Waals surface area contributed by atoms with Gasteiger partial charge in [-0.05, 0) is 80.6 Å². The SMILES string of the molecule is C=CC(C)(C)c1cccc(C(O)Nc2ccc(Cl)c(C3CC3C3=NC4SC(NC(O)C/C=C5/CCCN(C)CC5)=NC4C=C3)c2)c1. The molecule has 244 valence electrons. The van der Waals surface area contributed by atoms with Crippen LogP contribution in [-0.4, -0.2) is 63.8 Å². The molecular formula is C37H46ClN5O2S. The lowest BCUT2D eigenvalue weighted by Crippen LogP contribution is -2.31. The van der Waals surface area contributed by atoms with Crippen LogP contribution in [0.3, 0.4) is 0 Å². The quantitative estimate of drug-likeness (QED) is 0.160. The third-order valence-corrected chi connectivity index (χ3v) is 11.0. The van der Waals surface area contributed by atoms with Crippen molar-refractivity contribution in [1.82, 2.24) is 10.2 Å². The van der Waals surface area contributed by atoms with Gasteiger partial charge >= 0.3 is 0 Å². The molecule has 0 spiro atoms. The summed E-state index contributed by atoms with van der Waals surface area (Å²) in [6, 6.07) is 13.8. The molecule has 6 rings (SSSR count). The first kappa shape index (κ1) is 33.0. The molecule has 2 fully saturated rings. The van der Waals surface area contributed by atoms with Crippen molar-refractivity contribution in [3.63, 3.8) is 0 Å². The Morgan fingerprint density at radius 2 is 1.96 bits per heavy atom. The molecule has 4 aliphatic rings. The van der Waals surface area contributed by atoms with Crippen molar-refractivity contribution < 1.29 is 10.2 Å². The van der Waals surface area contributed by atoms with Gasteiger partial charge in [0.1, 0.15) is 17.6 Å². The maximum Gasteiger partial charge on any atom is 0.161 e. The number of halogens is 1. The standard InChI is InChI=1S/C37H46ClN5O2S/c1-5-37(2,3)25-10-6-9-24(20-25)34(45)39-26-12-13-30(38)28(21-26)27-22-29(27)31-14-15-32-35(40-31)46-36(41-32)42-33(44)16-11-23-8-7-18-43(4)19-17-23/h5-6,9-15,20-21,27,29,32-35,39,44-45H,1,7-8,16-19,22H2,2-4H3,(H,41,42)/b23-11-. The minimum atomic E-state index is -0.858. The van der Waals surface area contributed by atoms with E-state index in [2.05, 4.69) is 73.4 Å². The average molecular weight is 660 g/mol. The highest BCUT2D eigenvalue weighted by Gasteiger charge is 2.44. The molecule has 0 bridgehead atoms. The van der Waals surface area contributed by atoms with Gasteiger partial charge in [0.25, 0.3) is 0 Å². The molecule has 1 aliphatic carbocycles. The molecule has 4 N–H and O–H groups in total. The van der Waals surface area contributed by atoms with E-state index in [1.54, 1.807) is 11.8 Å². The summed E-state index contributed by atoms with van der Waals surface area (Å²) in [6.45, 7) is 10.4. The van der Waals surface area contributed by atoms with Crippen molar-refractivity contribution in [2.24, 2.45) is 15.9 Å². The van der Waals surface area contributed by atoms with Crippen LogP contribution in [-0.2, 0) is 5.41 Å². The molecule has 1 saturated carbocycles. The second kappa shape index (κ2) is 14.1. The molecule has 2 aromatic carbocycles. The number of aliphatic hydroxyl groups excluding tert-OH is 2. The number of nitrogens with one attached hydrogen (secondary N) is 2. The van der Waals surface area contributed by atoms with E-state index >= 15 is 0 Å². The van der Waals surface area contributed by atoms with Gasteiger partial charge in [0.2, 0.25) is 0 Å². The first-order valence-electron chi connectivity index (χ1n) is 16.4. The third kappa shape index (κ3) is 7.80. The molecule has 1 saturated heterocycles.